The van der Waals surface area contributed by atoms with Gasteiger partial charge in [-0.15, -0.1) is 0 Å². The molecule has 0 radical (unpaired) electrons. The van der Waals surface area contributed by atoms with E-state index < -0.39 is 0 Å². The minimum absolute atomic E-state index is 0.386. The van der Waals surface area contributed by atoms with Gasteiger partial charge < -0.3 is 4.74 Å². The molecule has 64 valence electrons. The first-order valence-electron chi connectivity index (χ1n) is 4.58. The summed E-state index contributed by atoms with van der Waals surface area (Å²) in [6.45, 7) is 5.08. The Balaban J connectivity index is 2.03. The molecular formula is C10H18O. The third kappa shape index (κ3) is 3.57. The number of ether oxygens (including phenoxy) is 1. The van der Waals surface area contributed by atoms with Gasteiger partial charge >= 0.3 is 0 Å². The summed E-state index contributed by atoms with van der Waals surface area (Å²) in [6, 6.07) is 0. The van der Waals surface area contributed by atoms with E-state index in [1.807, 2.05) is 0 Å². The van der Waals surface area contributed by atoms with Gasteiger partial charge in [0.15, 0.2) is 0 Å². The third-order valence-corrected chi connectivity index (χ3v) is 2.01. The number of rotatable bonds is 4. The molecule has 0 fully saturated rings. The second-order valence-electron chi connectivity index (χ2n) is 3.42. The van der Waals surface area contributed by atoms with Gasteiger partial charge in [0.1, 0.15) is 0 Å². The Bertz CT molecular complexity index is 136. The zero-order chi connectivity index (χ0) is 8.10. The fourth-order valence-corrected chi connectivity index (χ4v) is 1.39. The molecule has 0 unspecified atom stereocenters. The van der Waals surface area contributed by atoms with Crippen molar-refractivity contribution in [1.29, 1.82) is 0 Å². The predicted molar refractivity (Wildman–Crippen MR) is 47.6 cm³/mol. The molecule has 1 aliphatic rings. The third-order valence-electron chi connectivity index (χ3n) is 2.01. The summed E-state index contributed by atoms with van der Waals surface area (Å²) in [5, 5.41) is 0. The van der Waals surface area contributed by atoms with Gasteiger partial charge in [0.05, 0.1) is 12.7 Å². The molecule has 1 aliphatic carbocycles. The Kier molecular flexibility index (Phi) is 3.64. The van der Waals surface area contributed by atoms with E-state index in [4.69, 9.17) is 4.74 Å². The molecule has 11 heavy (non-hydrogen) atoms. The second kappa shape index (κ2) is 4.55. The van der Waals surface area contributed by atoms with Crippen LogP contribution >= 0.6 is 0 Å². The SMILES string of the molecule is CC(C)OCCC1=CCCC1. The van der Waals surface area contributed by atoms with Crippen LogP contribution in [0.2, 0.25) is 0 Å². The molecule has 0 atom stereocenters. The van der Waals surface area contributed by atoms with Crippen molar-refractivity contribution in [1.82, 2.24) is 0 Å². The molecule has 1 rings (SSSR count). The van der Waals surface area contributed by atoms with Crippen LogP contribution in [0.15, 0.2) is 11.6 Å². The Hall–Kier alpha value is -0.300. The van der Waals surface area contributed by atoms with Gasteiger partial charge in [-0.3, -0.25) is 0 Å². The summed E-state index contributed by atoms with van der Waals surface area (Å²) >= 11 is 0. The molecule has 0 amide bonds. The summed E-state index contributed by atoms with van der Waals surface area (Å²) in [7, 11) is 0. The highest BCUT2D eigenvalue weighted by molar-refractivity contribution is 5.07. The maximum absolute atomic E-state index is 5.46. The highest BCUT2D eigenvalue weighted by Crippen LogP contribution is 2.20. The van der Waals surface area contributed by atoms with Crippen LogP contribution in [0.5, 0.6) is 0 Å². The molecule has 0 spiro atoms. The fraction of sp³-hybridized carbons (Fsp3) is 0.800. The van der Waals surface area contributed by atoms with E-state index in [1.165, 1.54) is 19.3 Å². The van der Waals surface area contributed by atoms with Crippen LogP contribution in [0.4, 0.5) is 0 Å². The lowest BCUT2D eigenvalue weighted by atomic mass is 10.2. The van der Waals surface area contributed by atoms with E-state index in [0.29, 0.717) is 6.10 Å². The topological polar surface area (TPSA) is 9.23 Å². The maximum Gasteiger partial charge on any atom is 0.0519 e. The lowest BCUT2D eigenvalue weighted by Gasteiger charge is -2.07. The van der Waals surface area contributed by atoms with Crippen LogP contribution in [-0.4, -0.2) is 12.7 Å². The van der Waals surface area contributed by atoms with Gasteiger partial charge in [-0.25, -0.2) is 0 Å². The van der Waals surface area contributed by atoms with E-state index in [9.17, 15) is 0 Å². The van der Waals surface area contributed by atoms with E-state index in [0.717, 1.165) is 13.0 Å². The lowest BCUT2D eigenvalue weighted by molar-refractivity contribution is 0.0811. The average Bonchev–Trinajstić information content (AvgIpc) is 2.39. The summed E-state index contributed by atoms with van der Waals surface area (Å²) in [5.41, 5.74) is 1.60. The van der Waals surface area contributed by atoms with Crippen molar-refractivity contribution in [3.8, 4) is 0 Å². The van der Waals surface area contributed by atoms with Crippen molar-refractivity contribution in [2.75, 3.05) is 6.61 Å². The number of hydrogen-bond acceptors (Lipinski definition) is 1. The van der Waals surface area contributed by atoms with Crippen LogP contribution in [-0.2, 0) is 4.74 Å². The summed E-state index contributed by atoms with van der Waals surface area (Å²) < 4.78 is 5.46. The Morgan fingerprint density at radius 3 is 2.91 bits per heavy atom. The van der Waals surface area contributed by atoms with Gasteiger partial charge in [-0.2, -0.15) is 0 Å². The monoisotopic (exact) mass is 154 g/mol. The van der Waals surface area contributed by atoms with Crippen LogP contribution in [0.1, 0.15) is 39.5 Å². The van der Waals surface area contributed by atoms with Gasteiger partial charge in [0, 0.05) is 0 Å². The van der Waals surface area contributed by atoms with Crippen LogP contribution in [0, 0.1) is 0 Å². The molecule has 1 heteroatoms. The lowest BCUT2D eigenvalue weighted by Crippen LogP contribution is -2.04. The minimum Gasteiger partial charge on any atom is -0.378 e. The Morgan fingerprint density at radius 2 is 2.36 bits per heavy atom. The van der Waals surface area contributed by atoms with E-state index in [2.05, 4.69) is 19.9 Å². The predicted octanol–water partition coefficient (Wildman–Crippen LogP) is 2.91. The van der Waals surface area contributed by atoms with Crippen LogP contribution in [0.25, 0.3) is 0 Å². The molecular weight excluding hydrogens is 136 g/mol. The first-order chi connectivity index (χ1) is 5.29. The van der Waals surface area contributed by atoms with Crippen molar-refractivity contribution in [2.24, 2.45) is 0 Å². The first-order valence-corrected chi connectivity index (χ1v) is 4.58. The van der Waals surface area contributed by atoms with Crippen molar-refractivity contribution >= 4 is 0 Å². The normalized spacial score (nSPS) is 17.5. The van der Waals surface area contributed by atoms with Crippen molar-refractivity contribution in [3.63, 3.8) is 0 Å². The van der Waals surface area contributed by atoms with Crippen molar-refractivity contribution in [3.05, 3.63) is 11.6 Å². The molecule has 1 nitrogen and oxygen atoms in total. The molecule has 0 saturated carbocycles. The van der Waals surface area contributed by atoms with E-state index in [-0.39, 0.29) is 0 Å². The highest BCUT2D eigenvalue weighted by Gasteiger charge is 2.03. The minimum atomic E-state index is 0.386. The van der Waals surface area contributed by atoms with Crippen LogP contribution in [0.3, 0.4) is 0 Å². The Labute approximate surface area is 69.4 Å². The van der Waals surface area contributed by atoms with Crippen molar-refractivity contribution in [2.45, 2.75) is 45.6 Å². The summed E-state index contributed by atoms with van der Waals surface area (Å²) in [6.07, 6.45) is 7.86. The van der Waals surface area contributed by atoms with E-state index in [1.54, 1.807) is 5.57 Å². The summed E-state index contributed by atoms with van der Waals surface area (Å²) in [4.78, 5) is 0. The zero-order valence-corrected chi connectivity index (χ0v) is 7.60. The molecule has 0 bridgehead atoms. The molecule has 0 aromatic rings. The van der Waals surface area contributed by atoms with E-state index >= 15 is 0 Å². The molecule has 0 aromatic carbocycles. The molecule has 0 aromatic heterocycles. The quantitative estimate of drug-likeness (QED) is 0.566. The smallest absolute Gasteiger partial charge is 0.0519 e. The molecule has 0 heterocycles. The number of allylic oxidation sites excluding steroid dienone is 1. The summed E-state index contributed by atoms with van der Waals surface area (Å²) in [5.74, 6) is 0. The Morgan fingerprint density at radius 1 is 1.55 bits per heavy atom. The van der Waals surface area contributed by atoms with Crippen LogP contribution < -0.4 is 0 Å². The van der Waals surface area contributed by atoms with Gasteiger partial charge in [0.25, 0.3) is 0 Å². The molecule has 0 saturated heterocycles. The van der Waals surface area contributed by atoms with Gasteiger partial charge in [-0.05, 0) is 39.5 Å². The average molecular weight is 154 g/mol. The first kappa shape index (κ1) is 8.79. The fourth-order valence-electron chi connectivity index (χ4n) is 1.39. The maximum atomic E-state index is 5.46. The van der Waals surface area contributed by atoms with Gasteiger partial charge in [-0.1, -0.05) is 11.6 Å². The molecule has 0 aliphatic heterocycles. The van der Waals surface area contributed by atoms with Gasteiger partial charge in [0.2, 0.25) is 0 Å². The van der Waals surface area contributed by atoms with Crippen molar-refractivity contribution < 1.29 is 4.74 Å². The molecule has 0 N–H and O–H groups in total. The highest BCUT2D eigenvalue weighted by atomic mass is 16.5. The number of hydrogen-bond donors (Lipinski definition) is 0. The largest absolute Gasteiger partial charge is 0.378 e. The standard InChI is InChI=1S/C10H18O/c1-9(2)11-8-7-10-5-3-4-6-10/h5,9H,3-4,6-8H2,1-2H3. The second-order valence-corrected chi connectivity index (χ2v) is 3.42. The zero-order valence-electron chi connectivity index (χ0n) is 7.60.